The first kappa shape index (κ1) is 46.7. The van der Waals surface area contributed by atoms with Crippen molar-refractivity contribution in [1.29, 1.82) is 0 Å². The van der Waals surface area contributed by atoms with Gasteiger partial charge in [-0.1, -0.05) is 210 Å². The fourth-order valence-corrected chi connectivity index (χ4v) is 14.2. The normalized spacial score (nSPS) is 20.0. The maximum atomic E-state index is 2.88. The Labute approximate surface area is 421 Å². The number of hydrogen-bond acceptors (Lipinski definition) is 1. The second kappa shape index (κ2) is 15.7. The van der Waals surface area contributed by atoms with E-state index in [4.69, 9.17) is 0 Å². The van der Waals surface area contributed by atoms with Gasteiger partial charge >= 0.3 is 0 Å². The maximum Gasteiger partial charge on any atom is 0.0714 e. The fraction of sp³-hybridized carbons (Fsp3) is 0.391. The second-order valence-corrected chi connectivity index (χ2v) is 26.1. The number of benzene rings is 7. The zero-order valence-corrected chi connectivity index (χ0v) is 45.0. The Bertz CT molecular complexity index is 3100. The first-order chi connectivity index (χ1) is 33.0. The predicted molar refractivity (Wildman–Crippen MR) is 299 cm³/mol. The molecule has 1 nitrogen and oxygen atoms in total. The lowest BCUT2D eigenvalue weighted by atomic mass is 9.61. The Morgan fingerprint density at radius 2 is 0.757 bits per heavy atom. The molecule has 0 aromatic heterocycles. The van der Waals surface area contributed by atoms with Crippen LogP contribution in [-0.4, -0.2) is 0 Å². The van der Waals surface area contributed by atoms with Crippen LogP contribution in [0.25, 0.3) is 22.3 Å². The molecule has 11 rings (SSSR count). The number of nitrogens with zero attached hydrogens (tertiary/aromatic N) is 1. The van der Waals surface area contributed by atoms with Crippen molar-refractivity contribution < 1.29 is 0 Å². The van der Waals surface area contributed by atoms with Gasteiger partial charge < -0.3 is 4.90 Å². The molecule has 4 aliphatic carbocycles. The molecule has 0 saturated carbocycles. The highest BCUT2D eigenvalue weighted by Crippen LogP contribution is 2.62. The molecule has 0 aliphatic heterocycles. The predicted octanol–water partition coefficient (Wildman–Crippen LogP) is 18.9. The first-order valence-electron chi connectivity index (χ1n) is 26.7. The lowest BCUT2D eigenvalue weighted by Gasteiger charge is -2.48. The molecule has 0 heterocycles. The zero-order chi connectivity index (χ0) is 49.6. The highest BCUT2D eigenvalue weighted by atomic mass is 15.2. The zero-order valence-electron chi connectivity index (χ0n) is 45.0. The summed E-state index contributed by atoms with van der Waals surface area (Å²) in [4.78, 5) is 2.88. The van der Waals surface area contributed by atoms with E-state index in [9.17, 15) is 0 Å². The van der Waals surface area contributed by atoms with Gasteiger partial charge in [0.25, 0.3) is 0 Å². The summed E-state index contributed by atoms with van der Waals surface area (Å²) in [6, 6.07) is 55.1. The van der Waals surface area contributed by atoms with Gasteiger partial charge in [-0.3, -0.25) is 0 Å². The van der Waals surface area contributed by atoms with Crippen LogP contribution >= 0.6 is 0 Å². The molecule has 4 aliphatic rings. The first-order valence-corrected chi connectivity index (χ1v) is 26.7. The summed E-state index contributed by atoms with van der Waals surface area (Å²) < 4.78 is 0. The molecule has 0 bridgehead atoms. The molecule has 0 fully saturated rings. The van der Waals surface area contributed by atoms with Crippen LogP contribution < -0.4 is 4.90 Å². The maximum absolute atomic E-state index is 2.88. The van der Waals surface area contributed by atoms with Crippen molar-refractivity contribution in [1.82, 2.24) is 0 Å². The van der Waals surface area contributed by atoms with E-state index in [-0.39, 0.29) is 32.5 Å². The third kappa shape index (κ3) is 6.83. The fourth-order valence-electron chi connectivity index (χ4n) is 14.2. The second-order valence-electron chi connectivity index (χ2n) is 26.1. The van der Waals surface area contributed by atoms with Crippen LogP contribution in [0.3, 0.4) is 0 Å². The highest BCUT2D eigenvalue weighted by molar-refractivity contribution is 5.99. The Kier molecular flexibility index (Phi) is 10.5. The average molecular weight is 920 g/mol. The van der Waals surface area contributed by atoms with E-state index in [2.05, 4.69) is 241 Å². The Hall–Kier alpha value is -5.66. The van der Waals surface area contributed by atoms with Gasteiger partial charge in [0.1, 0.15) is 0 Å². The van der Waals surface area contributed by atoms with Gasteiger partial charge in [0.15, 0.2) is 0 Å². The van der Waals surface area contributed by atoms with Crippen LogP contribution in [0.15, 0.2) is 140 Å². The number of anilines is 3. The van der Waals surface area contributed by atoms with Crippen molar-refractivity contribution in [3.63, 3.8) is 0 Å². The van der Waals surface area contributed by atoms with Gasteiger partial charge in [0.05, 0.1) is 22.5 Å². The average Bonchev–Trinajstić information content (AvgIpc) is 3.62. The van der Waals surface area contributed by atoms with Crippen molar-refractivity contribution >= 4 is 17.1 Å². The molecule has 7 aromatic rings. The Balaban J connectivity index is 1.37. The molecule has 0 spiro atoms. The highest BCUT2D eigenvalue weighted by Gasteiger charge is 2.49. The van der Waals surface area contributed by atoms with Crippen LogP contribution in [-0.2, 0) is 37.9 Å². The summed E-state index contributed by atoms with van der Waals surface area (Å²) in [5, 5.41) is 0. The quantitative estimate of drug-likeness (QED) is 0.161. The number of aryl methyl sites for hydroxylation is 2. The van der Waals surface area contributed by atoms with Crippen LogP contribution in [0.4, 0.5) is 17.1 Å². The molecule has 7 aromatic carbocycles. The van der Waals surface area contributed by atoms with E-state index in [1.54, 1.807) is 0 Å². The molecule has 0 N–H and O–H groups in total. The molecule has 0 saturated heterocycles. The topological polar surface area (TPSA) is 3.24 Å². The van der Waals surface area contributed by atoms with E-state index < -0.39 is 5.41 Å². The standard InChI is InChI=1S/C69H77N/c1-44-29-32-54-59(67(11,12)39-37-64(54,5)6)61(44)70(62-45(2)30-33-55-60(62)68(13,14)40-38-65(55,7)8)58-43-56-51(42-50(58)46-31-34-53-57(41-46)66(9,10)36-35-63(53,3)4)49-27-21-22-28-52(49)69(56,47-23-17-15-18-24-47)48-25-19-16-20-26-48/h15-34,41-43H,35-40H2,1-14H3. The van der Waals surface area contributed by atoms with Crippen molar-refractivity contribution in [3.8, 4) is 22.3 Å². The summed E-state index contributed by atoms with van der Waals surface area (Å²) in [6.45, 7) is 34.8. The Morgan fingerprint density at radius 1 is 0.329 bits per heavy atom. The van der Waals surface area contributed by atoms with E-state index in [1.807, 2.05) is 0 Å². The smallest absolute Gasteiger partial charge is 0.0714 e. The lowest BCUT2D eigenvalue weighted by Crippen LogP contribution is -2.38. The van der Waals surface area contributed by atoms with Crippen LogP contribution in [0, 0.1) is 13.8 Å². The van der Waals surface area contributed by atoms with Gasteiger partial charge in [-0.2, -0.15) is 0 Å². The number of hydrogen-bond donors (Lipinski definition) is 0. The lowest BCUT2D eigenvalue weighted by molar-refractivity contribution is 0.331. The van der Waals surface area contributed by atoms with Crippen molar-refractivity contribution in [3.05, 3.63) is 206 Å². The van der Waals surface area contributed by atoms with Crippen LogP contribution in [0.2, 0.25) is 0 Å². The largest absolute Gasteiger partial charge is 0.309 e. The van der Waals surface area contributed by atoms with Crippen molar-refractivity contribution in [2.24, 2.45) is 0 Å². The molecule has 1 heteroatoms. The van der Waals surface area contributed by atoms with Gasteiger partial charge in [-0.25, -0.2) is 0 Å². The number of fused-ring (bicyclic) bond motifs is 6. The van der Waals surface area contributed by atoms with E-state index in [1.165, 1.54) is 119 Å². The van der Waals surface area contributed by atoms with Gasteiger partial charge in [0, 0.05) is 5.56 Å². The summed E-state index contributed by atoms with van der Waals surface area (Å²) in [6.07, 6.45) is 6.96. The van der Waals surface area contributed by atoms with Crippen molar-refractivity contribution in [2.75, 3.05) is 4.90 Å². The minimum atomic E-state index is -0.561. The van der Waals surface area contributed by atoms with Crippen LogP contribution in [0.5, 0.6) is 0 Å². The molecule has 0 amide bonds. The SMILES string of the molecule is Cc1ccc2c(c1N(c1cc3c(cc1-c1ccc4c(c1)C(C)(C)CCC4(C)C)-c1ccccc1C3(c1ccccc1)c1ccccc1)c1c(C)ccc3c1C(C)(C)CCC3(C)C)C(C)(C)CCC2(C)C. The van der Waals surface area contributed by atoms with E-state index in [0.29, 0.717) is 0 Å². The van der Waals surface area contributed by atoms with Crippen LogP contribution in [0.1, 0.15) is 188 Å². The molecular formula is C69H77N. The molecular weight excluding hydrogens is 843 g/mol. The molecule has 70 heavy (non-hydrogen) atoms. The summed E-state index contributed by atoms with van der Waals surface area (Å²) >= 11 is 0. The monoisotopic (exact) mass is 920 g/mol. The molecule has 0 radical (unpaired) electrons. The molecule has 0 unspecified atom stereocenters. The third-order valence-electron chi connectivity index (χ3n) is 18.7. The molecule has 0 atom stereocenters. The van der Waals surface area contributed by atoms with Gasteiger partial charge in [0.2, 0.25) is 0 Å². The number of rotatable bonds is 6. The van der Waals surface area contributed by atoms with E-state index in [0.717, 1.165) is 25.7 Å². The summed E-state index contributed by atoms with van der Waals surface area (Å²) in [5.74, 6) is 0. The third-order valence-corrected chi connectivity index (χ3v) is 18.7. The Morgan fingerprint density at radius 3 is 1.27 bits per heavy atom. The molecule has 358 valence electrons. The van der Waals surface area contributed by atoms with E-state index >= 15 is 0 Å². The minimum Gasteiger partial charge on any atom is -0.309 e. The summed E-state index contributed by atoms with van der Waals surface area (Å²) in [5.41, 5.74) is 25.7. The summed E-state index contributed by atoms with van der Waals surface area (Å²) in [7, 11) is 0. The minimum absolute atomic E-state index is 0.0282. The van der Waals surface area contributed by atoms with Crippen molar-refractivity contribution in [2.45, 2.75) is 173 Å². The van der Waals surface area contributed by atoms with Gasteiger partial charge in [-0.05, 0) is 180 Å². The van der Waals surface area contributed by atoms with Gasteiger partial charge in [-0.15, -0.1) is 0 Å².